The lowest BCUT2D eigenvalue weighted by Gasteiger charge is -2.08. The molecule has 0 aromatic heterocycles. The van der Waals surface area contributed by atoms with Crippen molar-refractivity contribution in [3.8, 4) is 0 Å². The maximum absolute atomic E-state index is 8.88. The number of aliphatic hydroxyl groups excluding tert-OH is 1. The molecule has 0 heterocycles. The van der Waals surface area contributed by atoms with E-state index in [2.05, 4.69) is 12.1 Å². The molecule has 1 aromatic rings. The number of aliphatic hydroxyl groups is 1. The van der Waals surface area contributed by atoms with Crippen LogP contribution in [0.4, 0.5) is 0 Å². The summed E-state index contributed by atoms with van der Waals surface area (Å²) in [6, 6.07) is 8.12. The number of rotatable bonds is 4. The van der Waals surface area contributed by atoms with Crippen LogP contribution in [-0.4, -0.2) is 10.6 Å². The summed E-state index contributed by atoms with van der Waals surface area (Å²) in [5, 5.41) is 8.88. The summed E-state index contributed by atoms with van der Waals surface area (Å²) in [5.74, 6) is 0. The van der Waals surface area contributed by atoms with E-state index in [1.807, 2.05) is 12.1 Å². The molecule has 14 heavy (non-hydrogen) atoms. The average molecular weight is 191 g/mol. The summed E-state index contributed by atoms with van der Waals surface area (Å²) in [7, 11) is 0. The highest BCUT2D eigenvalue weighted by molar-refractivity contribution is 5.22. The van der Waals surface area contributed by atoms with E-state index >= 15 is 0 Å². The lowest BCUT2D eigenvalue weighted by Crippen LogP contribution is -2.22. The first kappa shape index (κ1) is 9.69. The molecule has 2 nitrogen and oxygen atoms in total. The molecule has 0 amide bonds. The Balaban J connectivity index is 1.89. The van der Waals surface area contributed by atoms with Crippen molar-refractivity contribution < 1.29 is 5.11 Å². The zero-order valence-electron chi connectivity index (χ0n) is 8.37. The molecule has 2 heteroatoms. The van der Waals surface area contributed by atoms with Gasteiger partial charge in [-0.15, -0.1) is 0 Å². The minimum Gasteiger partial charge on any atom is -0.392 e. The Morgan fingerprint density at radius 2 is 1.71 bits per heavy atom. The molecule has 0 atom stereocenters. The Hall–Kier alpha value is -0.860. The molecule has 1 aliphatic carbocycles. The van der Waals surface area contributed by atoms with Crippen LogP contribution >= 0.6 is 0 Å². The number of hydrogen-bond acceptors (Lipinski definition) is 2. The fraction of sp³-hybridized carbons (Fsp3) is 0.500. The van der Waals surface area contributed by atoms with Gasteiger partial charge in [-0.2, -0.15) is 0 Å². The molecular formula is C12H17NO. The molecule has 76 valence electrons. The smallest absolute Gasteiger partial charge is 0.0681 e. The lowest BCUT2D eigenvalue weighted by atomic mass is 10.0. The van der Waals surface area contributed by atoms with Gasteiger partial charge in [-0.05, 0) is 36.8 Å². The van der Waals surface area contributed by atoms with Crippen LogP contribution in [0.5, 0.6) is 0 Å². The van der Waals surface area contributed by atoms with Gasteiger partial charge in [0, 0.05) is 5.54 Å². The lowest BCUT2D eigenvalue weighted by molar-refractivity contribution is 0.282. The summed E-state index contributed by atoms with van der Waals surface area (Å²) in [5.41, 5.74) is 8.45. The maximum atomic E-state index is 8.88. The van der Waals surface area contributed by atoms with E-state index in [0.29, 0.717) is 0 Å². The summed E-state index contributed by atoms with van der Waals surface area (Å²) in [4.78, 5) is 0. The highest BCUT2D eigenvalue weighted by Gasteiger charge is 2.37. The van der Waals surface area contributed by atoms with Gasteiger partial charge in [0.05, 0.1) is 6.61 Å². The van der Waals surface area contributed by atoms with Gasteiger partial charge in [-0.3, -0.25) is 0 Å². The van der Waals surface area contributed by atoms with Gasteiger partial charge < -0.3 is 10.8 Å². The zero-order valence-corrected chi connectivity index (χ0v) is 8.37. The molecule has 2 rings (SSSR count). The van der Waals surface area contributed by atoms with E-state index < -0.39 is 0 Å². The number of benzene rings is 1. The van der Waals surface area contributed by atoms with Crippen molar-refractivity contribution in [1.29, 1.82) is 0 Å². The van der Waals surface area contributed by atoms with Crippen molar-refractivity contribution in [3.05, 3.63) is 35.4 Å². The SMILES string of the molecule is NC1(CCc2ccc(CO)cc2)CC1. The number of nitrogens with two attached hydrogens (primary N) is 1. The first-order valence-corrected chi connectivity index (χ1v) is 5.19. The fourth-order valence-corrected chi connectivity index (χ4v) is 1.62. The number of aryl methyl sites for hydroxylation is 1. The van der Waals surface area contributed by atoms with Crippen molar-refractivity contribution in [2.75, 3.05) is 0 Å². The maximum Gasteiger partial charge on any atom is 0.0681 e. The van der Waals surface area contributed by atoms with E-state index in [9.17, 15) is 0 Å². The van der Waals surface area contributed by atoms with Gasteiger partial charge in [-0.25, -0.2) is 0 Å². The standard InChI is InChI=1S/C12H17NO/c13-12(7-8-12)6-5-10-1-3-11(9-14)4-2-10/h1-4,14H,5-9,13H2. The predicted octanol–water partition coefficient (Wildman–Crippen LogP) is 1.60. The molecule has 1 fully saturated rings. The van der Waals surface area contributed by atoms with Gasteiger partial charge in [-0.1, -0.05) is 24.3 Å². The minimum absolute atomic E-state index is 0.126. The molecule has 1 saturated carbocycles. The van der Waals surface area contributed by atoms with E-state index in [1.54, 1.807) is 0 Å². The second kappa shape index (κ2) is 3.71. The van der Waals surface area contributed by atoms with E-state index in [1.165, 1.54) is 18.4 Å². The molecule has 0 saturated heterocycles. The van der Waals surface area contributed by atoms with Crippen molar-refractivity contribution in [3.63, 3.8) is 0 Å². The van der Waals surface area contributed by atoms with Crippen LogP contribution in [0, 0.1) is 0 Å². The molecule has 1 aliphatic rings. The molecule has 0 unspecified atom stereocenters. The first-order valence-electron chi connectivity index (χ1n) is 5.19. The minimum atomic E-state index is 0.126. The third-order valence-corrected chi connectivity index (χ3v) is 3.01. The molecule has 1 aromatic carbocycles. The Morgan fingerprint density at radius 3 is 2.21 bits per heavy atom. The van der Waals surface area contributed by atoms with Crippen molar-refractivity contribution in [2.45, 2.75) is 37.8 Å². The first-order chi connectivity index (χ1) is 6.72. The van der Waals surface area contributed by atoms with E-state index in [4.69, 9.17) is 10.8 Å². The third kappa shape index (κ3) is 2.34. The summed E-state index contributed by atoms with van der Waals surface area (Å²) in [6.45, 7) is 0.126. The average Bonchev–Trinajstić information content (AvgIpc) is 2.95. The highest BCUT2D eigenvalue weighted by atomic mass is 16.3. The van der Waals surface area contributed by atoms with Crippen LogP contribution in [-0.2, 0) is 13.0 Å². The quantitative estimate of drug-likeness (QED) is 0.759. The van der Waals surface area contributed by atoms with Gasteiger partial charge >= 0.3 is 0 Å². The van der Waals surface area contributed by atoms with Gasteiger partial charge in [0.2, 0.25) is 0 Å². The normalized spacial score (nSPS) is 18.1. The summed E-state index contributed by atoms with van der Waals surface area (Å²) >= 11 is 0. The third-order valence-electron chi connectivity index (χ3n) is 3.01. The summed E-state index contributed by atoms with van der Waals surface area (Å²) < 4.78 is 0. The Bertz CT molecular complexity index is 301. The van der Waals surface area contributed by atoms with Crippen molar-refractivity contribution >= 4 is 0 Å². The largest absolute Gasteiger partial charge is 0.392 e. The van der Waals surface area contributed by atoms with Crippen LogP contribution in [0.1, 0.15) is 30.4 Å². The van der Waals surface area contributed by atoms with E-state index in [0.717, 1.165) is 18.4 Å². The molecule has 3 N–H and O–H groups in total. The molecule has 0 radical (unpaired) electrons. The molecular weight excluding hydrogens is 174 g/mol. The van der Waals surface area contributed by atoms with Gasteiger partial charge in [0.15, 0.2) is 0 Å². The Kier molecular flexibility index (Phi) is 2.57. The van der Waals surface area contributed by atoms with Crippen LogP contribution in [0.25, 0.3) is 0 Å². The van der Waals surface area contributed by atoms with Crippen LogP contribution in [0.3, 0.4) is 0 Å². The molecule has 0 bridgehead atoms. The van der Waals surface area contributed by atoms with Crippen molar-refractivity contribution in [2.24, 2.45) is 5.73 Å². The molecule has 0 spiro atoms. The summed E-state index contributed by atoms with van der Waals surface area (Å²) in [6.07, 6.45) is 4.51. The van der Waals surface area contributed by atoms with Gasteiger partial charge in [0.25, 0.3) is 0 Å². The van der Waals surface area contributed by atoms with Crippen molar-refractivity contribution in [1.82, 2.24) is 0 Å². The predicted molar refractivity (Wildman–Crippen MR) is 56.8 cm³/mol. The number of hydrogen-bond donors (Lipinski definition) is 2. The molecule has 0 aliphatic heterocycles. The van der Waals surface area contributed by atoms with Crippen LogP contribution < -0.4 is 5.73 Å². The van der Waals surface area contributed by atoms with Crippen LogP contribution in [0.2, 0.25) is 0 Å². The second-order valence-electron chi connectivity index (χ2n) is 4.34. The monoisotopic (exact) mass is 191 g/mol. The Morgan fingerprint density at radius 1 is 1.14 bits per heavy atom. The highest BCUT2D eigenvalue weighted by Crippen LogP contribution is 2.36. The topological polar surface area (TPSA) is 46.2 Å². The van der Waals surface area contributed by atoms with Gasteiger partial charge in [0.1, 0.15) is 0 Å². The van der Waals surface area contributed by atoms with E-state index in [-0.39, 0.29) is 12.1 Å². The fourth-order valence-electron chi connectivity index (χ4n) is 1.62. The zero-order chi connectivity index (χ0) is 10.0. The second-order valence-corrected chi connectivity index (χ2v) is 4.34. The Labute approximate surface area is 84.7 Å². The van der Waals surface area contributed by atoms with Crippen LogP contribution in [0.15, 0.2) is 24.3 Å².